The molecule has 7 nitrogen and oxygen atoms in total. The van der Waals surface area contributed by atoms with Crippen molar-refractivity contribution < 1.29 is 22.8 Å². The molecule has 35 heavy (non-hydrogen) atoms. The summed E-state index contributed by atoms with van der Waals surface area (Å²) >= 11 is 6.97. The number of carbonyl (C=O) groups is 2. The monoisotopic (exact) mass is 523 g/mol. The number of halogens is 4. The molecule has 0 aliphatic rings. The van der Waals surface area contributed by atoms with E-state index in [1.807, 2.05) is 19.1 Å². The molecule has 0 unspecified atom stereocenters. The summed E-state index contributed by atoms with van der Waals surface area (Å²) in [6, 6.07) is 9.86. The lowest BCUT2D eigenvalue weighted by atomic mass is 10.1. The SMILES string of the molecule is C=CCn1c(CNC(=O)c2ccccc2C)nnc1SCC(=O)Nc1cc(C(F)(F)F)ccc1Cl. The van der Waals surface area contributed by atoms with Crippen molar-refractivity contribution in [2.75, 3.05) is 11.1 Å². The van der Waals surface area contributed by atoms with Crippen LogP contribution in [0.3, 0.4) is 0 Å². The highest BCUT2D eigenvalue weighted by atomic mass is 35.5. The van der Waals surface area contributed by atoms with Crippen LogP contribution in [-0.2, 0) is 24.1 Å². The molecule has 0 aliphatic carbocycles. The van der Waals surface area contributed by atoms with Crippen LogP contribution in [-0.4, -0.2) is 32.3 Å². The zero-order chi connectivity index (χ0) is 25.6. The summed E-state index contributed by atoms with van der Waals surface area (Å²) < 4.78 is 40.5. The molecule has 2 aromatic carbocycles. The normalized spacial score (nSPS) is 11.2. The highest BCUT2D eigenvalue weighted by Gasteiger charge is 2.31. The van der Waals surface area contributed by atoms with E-state index in [0.29, 0.717) is 23.1 Å². The van der Waals surface area contributed by atoms with Crippen LogP contribution in [0.4, 0.5) is 18.9 Å². The lowest BCUT2D eigenvalue weighted by Crippen LogP contribution is -2.25. The maximum absolute atomic E-state index is 12.9. The van der Waals surface area contributed by atoms with Crippen LogP contribution in [0.15, 0.2) is 60.3 Å². The number of allylic oxidation sites excluding steroid dienone is 1. The molecular formula is C23H21ClF3N5O2S. The number of amides is 2. The molecule has 3 aromatic rings. The maximum atomic E-state index is 12.9. The highest BCUT2D eigenvalue weighted by Crippen LogP contribution is 2.34. The fourth-order valence-corrected chi connectivity index (χ4v) is 4.00. The van der Waals surface area contributed by atoms with Crippen molar-refractivity contribution in [1.82, 2.24) is 20.1 Å². The number of thioether (sulfide) groups is 1. The van der Waals surface area contributed by atoms with Crippen LogP contribution in [0.2, 0.25) is 5.02 Å². The first kappa shape index (κ1) is 26.3. The van der Waals surface area contributed by atoms with Gasteiger partial charge in [0, 0.05) is 12.1 Å². The molecule has 3 rings (SSSR count). The second kappa shape index (κ2) is 11.4. The predicted octanol–water partition coefficient (Wildman–Crippen LogP) is 5.11. The number of aryl methyl sites for hydroxylation is 1. The number of aromatic nitrogens is 3. The first-order valence-corrected chi connectivity index (χ1v) is 11.6. The van der Waals surface area contributed by atoms with Gasteiger partial charge < -0.3 is 15.2 Å². The lowest BCUT2D eigenvalue weighted by molar-refractivity contribution is -0.137. The van der Waals surface area contributed by atoms with Crippen molar-refractivity contribution in [2.45, 2.75) is 31.3 Å². The van der Waals surface area contributed by atoms with Crippen LogP contribution < -0.4 is 10.6 Å². The summed E-state index contributed by atoms with van der Waals surface area (Å²) in [7, 11) is 0. The Morgan fingerprint density at radius 3 is 2.63 bits per heavy atom. The summed E-state index contributed by atoms with van der Waals surface area (Å²) in [5.41, 5.74) is 0.315. The van der Waals surface area contributed by atoms with Crippen molar-refractivity contribution in [3.05, 3.63) is 82.7 Å². The third kappa shape index (κ3) is 6.86. The Kier molecular flexibility index (Phi) is 8.57. The Morgan fingerprint density at radius 1 is 1.20 bits per heavy atom. The van der Waals surface area contributed by atoms with E-state index in [-0.39, 0.29) is 28.9 Å². The van der Waals surface area contributed by atoms with Crippen molar-refractivity contribution >= 4 is 40.9 Å². The number of anilines is 1. The fourth-order valence-electron chi connectivity index (χ4n) is 3.07. The molecule has 0 saturated heterocycles. The van der Waals surface area contributed by atoms with Crippen LogP contribution in [0.25, 0.3) is 0 Å². The zero-order valence-electron chi connectivity index (χ0n) is 18.5. The number of benzene rings is 2. The van der Waals surface area contributed by atoms with E-state index in [1.165, 1.54) is 0 Å². The first-order chi connectivity index (χ1) is 16.6. The molecule has 2 amide bonds. The largest absolute Gasteiger partial charge is 0.416 e. The second-order valence-corrected chi connectivity index (χ2v) is 8.67. The standard InChI is InChI=1S/C23H21ClF3N5O2S/c1-3-10-32-19(12-28-21(34)16-7-5-4-6-14(16)2)30-31-22(32)35-13-20(33)29-18-11-15(23(25,26)27)8-9-17(18)24/h3-9,11H,1,10,12-13H2,2H3,(H,28,34)(H,29,33). The topological polar surface area (TPSA) is 88.9 Å². The number of nitrogens with one attached hydrogen (secondary N) is 2. The van der Waals surface area contributed by atoms with Gasteiger partial charge >= 0.3 is 6.18 Å². The number of hydrogen-bond acceptors (Lipinski definition) is 5. The van der Waals surface area contributed by atoms with Gasteiger partial charge in [0.2, 0.25) is 5.91 Å². The van der Waals surface area contributed by atoms with E-state index in [9.17, 15) is 22.8 Å². The van der Waals surface area contributed by atoms with E-state index >= 15 is 0 Å². The van der Waals surface area contributed by atoms with E-state index < -0.39 is 17.6 Å². The molecule has 0 spiro atoms. The molecule has 0 fully saturated rings. The number of hydrogen-bond donors (Lipinski definition) is 2. The Hall–Kier alpha value is -3.31. The number of nitrogens with zero attached hydrogens (tertiary/aromatic N) is 3. The number of carbonyl (C=O) groups excluding carboxylic acids is 2. The van der Waals surface area contributed by atoms with E-state index in [1.54, 1.807) is 22.8 Å². The van der Waals surface area contributed by atoms with Gasteiger partial charge in [-0.05, 0) is 36.8 Å². The average molecular weight is 524 g/mol. The first-order valence-electron chi connectivity index (χ1n) is 10.3. The van der Waals surface area contributed by atoms with Crippen LogP contribution in [0, 0.1) is 6.92 Å². The van der Waals surface area contributed by atoms with Gasteiger partial charge in [-0.2, -0.15) is 13.2 Å². The van der Waals surface area contributed by atoms with Crippen LogP contribution >= 0.6 is 23.4 Å². The van der Waals surface area contributed by atoms with Gasteiger partial charge in [0.1, 0.15) is 0 Å². The smallest absolute Gasteiger partial charge is 0.345 e. The summed E-state index contributed by atoms with van der Waals surface area (Å²) in [5, 5.41) is 13.7. The number of rotatable bonds is 9. The van der Waals surface area contributed by atoms with Crippen molar-refractivity contribution in [3.8, 4) is 0 Å². The van der Waals surface area contributed by atoms with Gasteiger partial charge in [0.25, 0.3) is 5.91 Å². The summed E-state index contributed by atoms with van der Waals surface area (Å²) in [5.74, 6) is -0.533. The molecule has 0 aliphatic heterocycles. The molecule has 0 bridgehead atoms. The maximum Gasteiger partial charge on any atom is 0.416 e. The fraction of sp³-hybridized carbons (Fsp3) is 0.217. The predicted molar refractivity (Wildman–Crippen MR) is 128 cm³/mol. The van der Waals surface area contributed by atoms with E-state index in [2.05, 4.69) is 27.4 Å². The molecule has 12 heteroatoms. The van der Waals surface area contributed by atoms with Gasteiger partial charge in [0.05, 0.1) is 28.6 Å². The highest BCUT2D eigenvalue weighted by molar-refractivity contribution is 7.99. The summed E-state index contributed by atoms with van der Waals surface area (Å²) in [6.07, 6.45) is -2.95. The minimum atomic E-state index is -4.56. The third-order valence-electron chi connectivity index (χ3n) is 4.80. The zero-order valence-corrected chi connectivity index (χ0v) is 20.1. The van der Waals surface area contributed by atoms with Gasteiger partial charge in [-0.1, -0.05) is 47.6 Å². The Morgan fingerprint density at radius 2 is 1.94 bits per heavy atom. The van der Waals surface area contributed by atoms with Crippen molar-refractivity contribution in [1.29, 1.82) is 0 Å². The Bertz CT molecular complexity index is 1250. The molecule has 2 N–H and O–H groups in total. The third-order valence-corrected chi connectivity index (χ3v) is 6.10. The van der Waals surface area contributed by atoms with Gasteiger partial charge in [-0.3, -0.25) is 9.59 Å². The number of alkyl halides is 3. The van der Waals surface area contributed by atoms with E-state index in [0.717, 1.165) is 35.5 Å². The van der Waals surface area contributed by atoms with Crippen LogP contribution in [0.5, 0.6) is 0 Å². The van der Waals surface area contributed by atoms with Gasteiger partial charge in [-0.15, -0.1) is 16.8 Å². The molecule has 1 aromatic heterocycles. The van der Waals surface area contributed by atoms with Gasteiger partial charge in [-0.25, -0.2) is 0 Å². The quantitative estimate of drug-likeness (QED) is 0.301. The molecule has 0 radical (unpaired) electrons. The minimum absolute atomic E-state index is 0.0159. The summed E-state index contributed by atoms with van der Waals surface area (Å²) in [4.78, 5) is 24.9. The van der Waals surface area contributed by atoms with Gasteiger partial charge in [0.15, 0.2) is 11.0 Å². The molecule has 1 heterocycles. The van der Waals surface area contributed by atoms with Crippen molar-refractivity contribution in [2.24, 2.45) is 0 Å². The van der Waals surface area contributed by atoms with Crippen molar-refractivity contribution in [3.63, 3.8) is 0 Å². The average Bonchev–Trinajstić information content (AvgIpc) is 3.19. The Balaban J connectivity index is 1.65. The minimum Gasteiger partial charge on any atom is -0.345 e. The second-order valence-electron chi connectivity index (χ2n) is 7.32. The molecule has 184 valence electrons. The Labute approximate surface area is 208 Å². The van der Waals surface area contributed by atoms with Crippen LogP contribution in [0.1, 0.15) is 27.3 Å². The lowest BCUT2D eigenvalue weighted by Gasteiger charge is -2.12. The van der Waals surface area contributed by atoms with E-state index in [4.69, 9.17) is 11.6 Å². The molecule has 0 saturated carbocycles. The summed E-state index contributed by atoms with van der Waals surface area (Å²) in [6.45, 7) is 5.96. The molecule has 0 atom stereocenters. The molecular weight excluding hydrogens is 503 g/mol.